The summed E-state index contributed by atoms with van der Waals surface area (Å²) in [6, 6.07) is 8.61. The van der Waals surface area contributed by atoms with Crippen molar-refractivity contribution < 1.29 is 0 Å². The molecule has 64 valence electrons. The van der Waals surface area contributed by atoms with Crippen molar-refractivity contribution in [3.05, 3.63) is 35.4 Å². The molecular formula is C11H15N. The first-order valence-corrected chi connectivity index (χ1v) is 4.53. The van der Waals surface area contributed by atoms with Gasteiger partial charge in [-0.15, -0.1) is 0 Å². The predicted octanol–water partition coefficient (Wildman–Crippen LogP) is 1.89. The van der Waals surface area contributed by atoms with Gasteiger partial charge in [-0.25, -0.2) is 0 Å². The van der Waals surface area contributed by atoms with Gasteiger partial charge in [0.15, 0.2) is 0 Å². The lowest BCUT2D eigenvalue weighted by Crippen LogP contribution is -2.41. The minimum Gasteiger partial charge on any atom is -0.325 e. The fraction of sp³-hybridized carbons (Fsp3) is 0.455. The van der Waals surface area contributed by atoms with E-state index in [2.05, 4.69) is 31.2 Å². The molecule has 1 aliphatic rings. The average molecular weight is 161 g/mol. The van der Waals surface area contributed by atoms with Gasteiger partial charge >= 0.3 is 0 Å². The van der Waals surface area contributed by atoms with Gasteiger partial charge in [0, 0.05) is 5.54 Å². The van der Waals surface area contributed by atoms with Gasteiger partial charge in [-0.1, -0.05) is 24.3 Å². The van der Waals surface area contributed by atoms with Gasteiger partial charge in [-0.2, -0.15) is 0 Å². The number of rotatable bonds is 0. The summed E-state index contributed by atoms with van der Waals surface area (Å²) in [7, 11) is 0. The minimum atomic E-state index is 0.0222. The van der Waals surface area contributed by atoms with E-state index >= 15 is 0 Å². The molecule has 1 aromatic rings. The molecule has 2 N–H and O–H groups in total. The summed E-state index contributed by atoms with van der Waals surface area (Å²) < 4.78 is 0. The highest BCUT2D eigenvalue weighted by molar-refractivity contribution is 5.31. The Bertz CT molecular complexity index is 289. The molecule has 0 saturated carbocycles. The van der Waals surface area contributed by atoms with Crippen LogP contribution < -0.4 is 5.73 Å². The Morgan fingerprint density at radius 2 is 1.92 bits per heavy atom. The smallest absolute Gasteiger partial charge is 0.0169 e. The normalized spacial score (nSPS) is 28.2. The van der Waals surface area contributed by atoms with E-state index in [-0.39, 0.29) is 5.54 Å². The molecule has 1 atom stereocenters. The lowest BCUT2D eigenvalue weighted by molar-refractivity contribution is 0.409. The molecule has 1 aromatic carbocycles. The molecule has 1 aliphatic carbocycles. The zero-order chi connectivity index (χ0) is 8.60. The molecule has 1 heteroatoms. The molecule has 0 amide bonds. The van der Waals surface area contributed by atoms with Crippen molar-refractivity contribution in [1.82, 2.24) is 0 Å². The van der Waals surface area contributed by atoms with Crippen LogP contribution in [-0.4, -0.2) is 5.54 Å². The molecule has 12 heavy (non-hydrogen) atoms. The van der Waals surface area contributed by atoms with Crippen LogP contribution in [0.5, 0.6) is 0 Å². The summed E-state index contributed by atoms with van der Waals surface area (Å²) in [6.45, 7) is 2.14. The van der Waals surface area contributed by atoms with Crippen molar-refractivity contribution in [1.29, 1.82) is 0 Å². The van der Waals surface area contributed by atoms with Crippen molar-refractivity contribution in [3.63, 3.8) is 0 Å². The predicted molar refractivity (Wildman–Crippen MR) is 51.1 cm³/mol. The summed E-state index contributed by atoms with van der Waals surface area (Å²) in [4.78, 5) is 0. The summed E-state index contributed by atoms with van der Waals surface area (Å²) >= 11 is 0. The first kappa shape index (κ1) is 7.81. The number of nitrogens with two attached hydrogens (primary N) is 1. The molecule has 0 aromatic heterocycles. The molecule has 0 aliphatic heterocycles. The van der Waals surface area contributed by atoms with Gasteiger partial charge in [-0.05, 0) is 37.3 Å². The number of hydrogen-bond donors (Lipinski definition) is 1. The monoisotopic (exact) mass is 161 g/mol. The van der Waals surface area contributed by atoms with E-state index in [9.17, 15) is 0 Å². The molecule has 0 spiro atoms. The first-order valence-electron chi connectivity index (χ1n) is 4.53. The Morgan fingerprint density at radius 1 is 1.25 bits per heavy atom. The van der Waals surface area contributed by atoms with Crippen molar-refractivity contribution in [2.75, 3.05) is 0 Å². The number of fused-ring (bicyclic) bond motifs is 1. The van der Waals surface area contributed by atoms with Crippen LogP contribution in [0.4, 0.5) is 0 Å². The second-order valence-electron chi connectivity index (χ2n) is 4.10. The molecule has 0 radical (unpaired) electrons. The molecular weight excluding hydrogens is 146 g/mol. The zero-order valence-electron chi connectivity index (χ0n) is 7.51. The summed E-state index contributed by atoms with van der Waals surface area (Å²) in [5.74, 6) is 0. The largest absolute Gasteiger partial charge is 0.325 e. The van der Waals surface area contributed by atoms with E-state index in [0.29, 0.717) is 0 Å². The second kappa shape index (κ2) is 2.60. The average Bonchev–Trinajstić information content (AvgIpc) is 2.02. The van der Waals surface area contributed by atoms with E-state index in [0.717, 1.165) is 19.3 Å². The van der Waals surface area contributed by atoms with Gasteiger partial charge < -0.3 is 5.73 Å². The van der Waals surface area contributed by atoms with E-state index < -0.39 is 0 Å². The highest BCUT2D eigenvalue weighted by Gasteiger charge is 2.24. The molecule has 0 bridgehead atoms. The van der Waals surface area contributed by atoms with E-state index in [1.807, 2.05) is 0 Å². The minimum absolute atomic E-state index is 0.0222. The van der Waals surface area contributed by atoms with Crippen LogP contribution in [0.25, 0.3) is 0 Å². The van der Waals surface area contributed by atoms with Crippen molar-refractivity contribution in [2.24, 2.45) is 5.73 Å². The Balaban J connectivity index is 2.35. The van der Waals surface area contributed by atoms with Gasteiger partial charge in [0.25, 0.3) is 0 Å². The van der Waals surface area contributed by atoms with Gasteiger partial charge in [0.05, 0.1) is 0 Å². The number of benzene rings is 1. The topological polar surface area (TPSA) is 26.0 Å². The van der Waals surface area contributed by atoms with Crippen LogP contribution in [0.15, 0.2) is 24.3 Å². The third kappa shape index (κ3) is 1.37. The summed E-state index contributed by atoms with van der Waals surface area (Å²) in [5.41, 5.74) is 9.04. The van der Waals surface area contributed by atoms with Crippen LogP contribution >= 0.6 is 0 Å². The Hall–Kier alpha value is -0.820. The first-order chi connectivity index (χ1) is 5.67. The van der Waals surface area contributed by atoms with E-state index in [1.54, 1.807) is 0 Å². The van der Waals surface area contributed by atoms with Crippen molar-refractivity contribution in [3.8, 4) is 0 Å². The van der Waals surface area contributed by atoms with Crippen LogP contribution in [0.2, 0.25) is 0 Å². The SMILES string of the molecule is C[C@]1(N)CCc2ccccc2C1. The summed E-state index contributed by atoms with van der Waals surface area (Å²) in [6.07, 6.45) is 3.29. The third-order valence-electron chi connectivity index (χ3n) is 2.68. The van der Waals surface area contributed by atoms with Gasteiger partial charge in [0.1, 0.15) is 0 Å². The van der Waals surface area contributed by atoms with Crippen LogP contribution in [0, 0.1) is 0 Å². The van der Waals surface area contributed by atoms with Crippen LogP contribution in [-0.2, 0) is 12.8 Å². The quantitative estimate of drug-likeness (QED) is 0.618. The fourth-order valence-corrected chi connectivity index (χ4v) is 1.92. The zero-order valence-corrected chi connectivity index (χ0v) is 7.51. The fourth-order valence-electron chi connectivity index (χ4n) is 1.92. The molecule has 1 nitrogen and oxygen atoms in total. The van der Waals surface area contributed by atoms with Crippen LogP contribution in [0.3, 0.4) is 0 Å². The maximum Gasteiger partial charge on any atom is 0.0169 e. The lowest BCUT2D eigenvalue weighted by Gasteiger charge is -2.30. The second-order valence-corrected chi connectivity index (χ2v) is 4.10. The third-order valence-corrected chi connectivity index (χ3v) is 2.68. The molecule has 0 saturated heterocycles. The van der Waals surface area contributed by atoms with Crippen molar-refractivity contribution >= 4 is 0 Å². The number of hydrogen-bond acceptors (Lipinski definition) is 1. The van der Waals surface area contributed by atoms with Crippen LogP contribution in [0.1, 0.15) is 24.5 Å². The summed E-state index contributed by atoms with van der Waals surface area (Å²) in [5, 5.41) is 0. The molecule has 0 heterocycles. The maximum absolute atomic E-state index is 6.09. The highest BCUT2D eigenvalue weighted by Crippen LogP contribution is 2.26. The highest BCUT2D eigenvalue weighted by atomic mass is 14.7. The standard InChI is InChI=1S/C11H15N/c1-11(12)7-6-9-4-2-3-5-10(9)8-11/h2-5H,6-8,12H2,1H3/t11-/m0/s1. The van der Waals surface area contributed by atoms with Crippen molar-refractivity contribution in [2.45, 2.75) is 31.7 Å². The Kier molecular flexibility index (Phi) is 1.69. The van der Waals surface area contributed by atoms with E-state index in [4.69, 9.17) is 5.73 Å². The molecule has 0 fully saturated rings. The molecule has 0 unspecified atom stereocenters. The van der Waals surface area contributed by atoms with Gasteiger partial charge in [-0.3, -0.25) is 0 Å². The molecule has 2 rings (SSSR count). The van der Waals surface area contributed by atoms with E-state index in [1.165, 1.54) is 11.1 Å². The maximum atomic E-state index is 6.09. The van der Waals surface area contributed by atoms with Gasteiger partial charge in [0.2, 0.25) is 0 Å². The Labute approximate surface area is 73.6 Å². The lowest BCUT2D eigenvalue weighted by atomic mass is 9.80. The Morgan fingerprint density at radius 3 is 2.67 bits per heavy atom. The number of aryl methyl sites for hydroxylation is 1.